The van der Waals surface area contributed by atoms with Crippen molar-refractivity contribution in [3.63, 3.8) is 0 Å². The number of rotatable bonds is 6. The van der Waals surface area contributed by atoms with Crippen LogP contribution in [0.4, 0.5) is 10.7 Å². The number of anilines is 1. The molecule has 0 aliphatic carbocycles. The normalized spacial score (nSPS) is 11.6. The van der Waals surface area contributed by atoms with Crippen LogP contribution in [0.3, 0.4) is 0 Å². The van der Waals surface area contributed by atoms with E-state index in [1.165, 1.54) is 42.5 Å². The predicted molar refractivity (Wildman–Crippen MR) is 94.1 cm³/mol. The third kappa shape index (κ3) is 4.13. The minimum absolute atomic E-state index is 0.0694. The Balaban J connectivity index is 2.09. The van der Waals surface area contributed by atoms with Gasteiger partial charge in [0.25, 0.3) is 17.5 Å². The maximum absolute atomic E-state index is 12.3. The quantitative estimate of drug-likeness (QED) is 0.603. The van der Waals surface area contributed by atoms with Gasteiger partial charge in [0.15, 0.2) is 6.10 Å². The number of nitro groups is 1. The smallest absolute Gasteiger partial charge is 0.269 e. The lowest BCUT2D eigenvalue weighted by Gasteiger charge is -2.14. The van der Waals surface area contributed by atoms with Gasteiger partial charge in [0.1, 0.15) is 10.8 Å². The molecule has 1 unspecified atom stereocenters. The number of carbonyl (C=O) groups excluding carboxylic acids is 2. The first-order valence-corrected chi connectivity index (χ1v) is 8.14. The monoisotopic (exact) mass is 363 g/mol. The number of ether oxygens (including phenoxy) is 1. The summed E-state index contributed by atoms with van der Waals surface area (Å²) in [6, 6.07) is 5.40. The zero-order chi connectivity index (χ0) is 18.7. The number of thiophene rings is 1. The van der Waals surface area contributed by atoms with Gasteiger partial charge in [0.05, 0.1) is 10.5 Å². The SMILES string of the molecule is Cc1sc(NC(=O)C(C)Oc2ccc([N+](=O)[O-])cc2)c(C(N)=O)c1C. The summed E-state index contributed by atoms with van der Waals surface area (Å²) in [5.74, 6) is -0.745. The Hall–Kier alpha value is -2.94. The van der Waals surface area contributed by atoms with Crippen molar-refractivity contribution in [1.29, 1.82) is 0 Å². The highest BCUT2D eigenvalue weighted by atomic mass is 32.1. The van der Waals surface area contributed by atoms with Gasteiger partial charge in [-0.25, -0.2) is 0 Å². The van der Waals surface area contributed by atoms with Gasteiger partial charge in [-0.15, -0.1) is 11.3 Å². The second kappa shape index (κ2) is 7.31. The molecule has 0 spiro atoms. The second-order valence-electron chi connectivity index (χ2n) is 5.35. The van der Waals surface area contributed by atoms with E-state index in [4.69, 9.17) is 10.5 Å². The standard InChI is InChI=1S/C16H17N3O5S/c1-8-10(3)25-16(13(8)14(17)20)18-15(21)9(2)24-12-6-4-11(5-7-12)19(22)23/h4-7,9H,1-3H3,(H2,17,20)(H,18,21). The summed E-state index contributed by atoms with van der Waals surface area (Å²) in [4.78, 5) is 34.9. The third-order valence-electron chi connectivity index (χ3n) is 3.60. The number of nitro benzene ring substituents is 1. The zero-order valence-corrected chi connectivity index (χ0v) is 14.7. The molecule has 25 heavy (non-hydrogen) atoms. The van der Waals surface area contributed by atoms with Crippen LogP contribution in [0.25, 0.3) is 0 Å². The Morgan fingerprint density at radius 2 is 1.88 bits per heavy atom. The maximum atomic E-state index is 12.3. The molecule has 9 heteroatoms. The van der Waals surface area contributed by atoms with Crippen molar-refractivity contribution < 1.29 is 19.2 Å². The number of hydrogen-bond acceptors (Lipinski definition) is 6. The van der Waals surface area contributed by atoms with Crippen LogP contribution < -0.4 is 15.8 Å². The minimum Gasteiger partial charge on any atom is -0.481 e. The van der Waals surface area contributed by atoms with Crippen LogP contribution in [0, 0.1) is 24.0 Å². The molecule has 0 saturated carbocycles. The number of amides is 2. The minimum atomic E-state index is -0.870. The average Bonchev–Trinajstić information content (AvgIpc) is 2.82. The van der Waals surface area contributed by atoms with Gasteiger partial charge in [-0.05, 0) is 38.5 Å². The molecule has 3 N–H and O–H groups in total. The first-order valence-electron chi connectivity index (χ1n) is 7.32. The van der Waals surface area contributed by atoms with Crippen LogP contribution in [-0.2, 0) is 4.79 Å². The van der Waals surface area contributed by atoms with Gasteiger partial charge in [-0.1, -0.05) is 0 Å². The van der Waals surface area contributed by atoms with Crippen molar-refractivity contribution in [1.82, 2.24) is 0 Å². The van der Waals surface area contributed by atoms with E-state index in [0.29, 0.717) is 16.3 Å². The van der Waals surface area contributed by atoms with E-state index >= 15 is 0 Å². The summed E-state index contributed by atoms with van der Waals surface area (Å²) in [5.41, 5.74) is 6.33. The topological polar surface area (TPSA) is 125 Å². The highest BCUT2D eigenvalue weighted by Gasteiger charge is 2.22. The number of nitrogens with one attached hydrogen (secondary N) is 1. The van der Waals surface area contributed by atoms with Gasteiger partial charge in [0.2, 0.25) is 0 Å². The van der Waals surface area contributed by atoms with Crippen LogP contribution in [-0.4, -0.2) is 22.8 Å². The molecule has 2 rings (SSSR count). The summed E-state index contributed by atoms with van der Waals surface area (Å²) in [6.45, 7) is 5.13. The van der Waals surface area contributed by atoms with E-state index < -0.39 is 22.8 Å². The summed E-state index contributed by atoms with van der Waals surface area (Å²) < 4.78 is 5.47. The number of aryl methyl sites for hydroxylation is 1. The molecule has 0 saturated heterocycles. The lowest BCUT2D eigenvalue weighted by Crippen LogP contribution is -2.30. The van der Waals surface area contributed by atoms with E-state index in [1.54, 1.807) is 6.92 Å². The molecule has 1 aromatic heterocycles. The molecule has 1 aromatic carbocycles. The molecular weight excluding hydrogens is 346 g/mol. The van der Waals surface area contributed by atoms with Crippen LogP contribution >= 0.6 is 11.3 Å². The Labute approximate surface area is 147 Å². The van der Waals surface area contributed by atoms with Crippen molar-refractivity contribution in [2.45, 2.75) is 26.9 Å². The summed E-state index contributed by atoms with van der Waals surface area (Å²) in [6.07, 6.45) is -0.870. The Morgan fingerprint density at radius 3 is 2.40 bits per heavy atom. The molecule has 0 fully saturated rings. The number of primary amides is 1. The number of hydrogen-bond donors (Lipinski definition) is 2. The Kier molecular flexibility index (Phi) is 5.38. The Morgan fingerprint density at radius 1 is 1.28 bits per heavy atom. The predicted octanol–water partition coefficient (Wildman–Crippen LogP) is 2.78. The summed E-state index contributed by atoms with van der Waals surface area (Å²) in [5, 5.41) is 13.7. The average molecular weight is 363 g/mol. The van der Waals surface area contributed by atoms with Gasteiger partial charge < -0.3 is 15.8 Å². The number of nitrogens with zero attached hydrogens (tertiary/aromatic N) is 1. The summed E-state index contributed by atoms with van der Waals surface area (Å²) >= 11 is 1.26. The molecule has 1 atom stereocenters. The van der Waals surface area contributed by atoms with Gasteiger partial charge in [-0.3, -0.25) is 19.7 Å². The molecule has 1 heterocycles. The van der Waals surface area contributed by atoms with Crippen LogP contribution in [0.15, 0.2) is 24.3 Å². The Bertz CT molecular complexity index is 829. The van der Waals surface area contributed by atoms with Crippen LogP contribution in [0.1, 0.15) is 27.7 Å². The molecule has 0 radical (unpaired) electrons. The van der Waals surface area contributed by atoms with Gasteiger partial charge in [0, 0.05) is 17.0 Å². The molecule has 2 aromatic rings. The van der Waals surface area contributed by atoms with Crippen LogP contribution in [0.5, 0.6) is 5.75 Å². The van der Waals surface area contributed by atoms with Crippen molar-refractivity contribution in [2.24, 2.45) is 5.73 Å². The molecule has 132 valence electrons. The molecule has 0 bridgehead atoms. The van der Waals surface area contributed by atoms with Crippen molar-refractivity contribution in [2.75, 3.05) is 5.32 Å². The lowest BCUT2D eigenvalue weighted by atomic mass is 10.1. The number of non-ortho nitro benzene ring substituents is 1. The lowest BCUT2D eigenvalue weighted by molar-refractivity contribution is -0.384. The van der Waals surface area contributed by atoms with Gasteiger partial charge >= 0.3 is 0 Å². The number of carbonyl (C=O) groups is 2. The van der Waals surface area contributed by atoms with Crippen molar-refractivity contribution in [3.8, 4) is 5.75 Å². The molecule has 0 aliphatic heterocycles. The molecule has 2 amide bonds. The largest absolute Gasteiger partial charge is 0.481 e. The number of benzene rings is 1. The first kappa shape index (κ1) is 18.4. The summed E-state index contributed by atoms with van der Waals surface area (Å²) in [7, 11) is 0. The fourth-order valence-corrected chi connectivity index (χ4v) is 3.20. The second-order valence-corrected chi connectivity index (χ2v) is 6.58. The van der Waals surface area contributed by atoms with E-state index in [9.17, 15) is 19.7 Å². The van der Waals surface area contributed by atoms with E-state index in [2.05, 4.69) is 5.32 Å². The zero-order valence-electron chi connectivity index (χ0n) is 13.9. The fourth-order valence-electron chi connectivity index (χ4n) is 2.13. The van der Waals surface area contributed by atoms with E-state index in [1.807, 2.05) is 6.92 Å². The number of nitrogens with two attached hydrogens (primary N) is 1. The maximum Gasteiger partial charge on any atom is 0.269 e. The highest BCUT2D eigenvalue weighted by Crippen LogP contribution is 2.32. The molecule has 0 aliphatic rings. The van der Waals surface area contributed by atoms with E-state index in [0.717, 1.165) is 10.4 Å². The first-order chi connectivity index (χ1) is 11.7. The van der Waals surface area contributed by atoms with Gasteiger partial charge in [-0.2, -0.15) is 0 Å². The molecule has 8 nitrogen and oxygen atoms in total. The van der Waals surface area contributed by atoms with Crippen LogP contribution in [0.2, 0.25) is 0 Å². The fraction of sp³-hybridized carbons (Fsp3) is 0.250. The molecular formula is C16H17N3O5S. The van der Waals surface area contributed by atoms with E-state index in [-0.39, 0.29) is 5.69 Å². The highest BCUT2D eigenvalue weighted by molar-refractivity contribution is 7.16. The van der Waals surface area contributed by atoms with Crippen molar-refractivity contribution >= 4 is 33.8 Å². The third-order valence-corrected chi connectivity index (χ3v) is 4.72. The van der Waals surface area contributed by atoms with Crippen molar-refractivity contribution in [3.05, 3.63) is 50.4 Å².